The number of likely N-dealkylation sites (tertiary alicyclic amines) is 1. The molecule has 0 bridgehead atoms. The number of hydrogen-bond donors (Lipinski definition) is 1. The molecule has 1 fully saturated rings. The molecule has 1 aliphatic heterocycles. The van der Waals surface area contributed by atoms with Gasteiger partial charge in [0.15, 0.2) is 0 Å². The summed E-state index contributed by atoms with van der Waals surface area (Å²) in [5.41, 5.74) is 0.839. The SMILES string of the molecule is O=C(NCc1ccc(F)cc1)N1CC[C@H](Oc2ncc(Cl)cn2)C1. The van der Waals surface area contributed by atoms with Crippen LogP contribution < -0.4 is 10.1 Å². The second kappa shape index (κ2) is 7.44. The van der Waals surface area contributed by atoms with E-state index in [1.54, 1.807) is 17.0 Å². The van der Waals surface area contributed by atoms with Gasteiger partial charge in [0.25, 0.3) is 0 Å². The Labute approximate surface area is 143 Å². The van der Waals surface area contributed by atoms with Crippen LogP contribution in [0, 0.1) is 5.82 Å². The van der Waals surface area contributed by atoms with Crippen LogP contribution in [0.4, 0.5) is 9.18 Å². The number of benzene rings is 1. The fraction of sp³-hybridized carbons (Fsp3) is 0.312. The van der Waals surface area contributed by atoms with Crippen molar-refractivity contribution in [1.29, 1.82) is 0 Å². The summed E-state index contributed by atoms with van der Waals surface area (Å²) in [4.78, 5) is 21.8. The van der Waals surface area contributed by atoms with Crippen LogP contribution in [-0.4, -0.2) is 40.1 Å². The van der Waals surface area contributed by atoms with Crippen molar-refractivity contribution in [3.63, 3.8) is 0 Å². The molecule has 2 aromatic rings. The number of amides is 2. The molecule has 1 aliphatic rings. The van der Waals surface area contributed by atoms with Crippen molar-refractivity contribution >= 4 is 17.6 Å². The first-order chi connectivity index (χ1) is 11.6. The molecule has 0 saturated carbocycles. The Morgan fingerprint density at radius 1 is 1.33 bits per heavy atom. The van der Waals surface area contributed by atoms with E-state index in [2.05, 4.69) is 15.3 Å². The highest BCUT2D eigenvalue weighted by Gasteiger charge is 2.28. The first kappa shape index (κ1) is 16.4. The maximum absolute atomic E-state index is 12.8. The van der Waals surface area contributed by atoms with Gasteiger partial charge in [-0.2, -0.15) is 0 Å². The average molecular weight is 351 g/mol. The number of nitrogens with one attached hydrogen (secondary N) is 1. The third kappa shape index (κ3) is 4.32. The second-order valence-electron chi connectivity index (χ2n) is 5.44. The van der Waals surface area contributed by atoms with Crippen LogP contribution in [0.25, 0.3) is 0 Å². The van der Waals surface area contributed by atoms with E-state index in [0.717, 1.165) is 5.56 Å². The number of aromatic nitrogens is 2. The monoisotopic (exact) mass is 350 g/mol. The molecule has 3 rings (SSSR count). The van der Waals surface area contributed by atoms with Gasteiger partial charge in [0.05, 0.1) is 24.0 Å². The molecular formula is C16H16ClFN4O2. The van der Waals surface area contributed by atoms with Crippen LogP contribution >= 0.6 is 11.6 Å². The minimum Gasteiger partial charge on any atom is -0.458 e. The van der Waals surface area contributed by atoms with Gasteiger partial charge in [-0.25, -0.2) is 19.2 Å². The van der Waals surface area contributed by atoms with Gasteiger partial charge in [-0.05, 0) is 17.7 Å². The third-order valence-electron chi connectivity index (χ3n) is 3.66. The lowest BCUT2D eigenvalue weighted by molar-refractivity contribution is 0.178. The molecule has 24 heavy (non-hydrogen) atoms. The fourth-order valence-corrected chi connectivity index (χ4v) is 2.51. The van der Waals surface area contributed by atoms with Crippen molar-refractivity contribution < 1.29 is 13.9 Å². The highest BCUT2D eigenvalue weighted by Crippen LogP contribution is 2.16. The van der Waals surface area contributed by atoms with Crippen molar-refractivity contribution in [3.8, 4) is 6.01 Å². The molecule has 0 radical (unpaired) electrons. The molecule has 0 aliphatic carbocycles. The topological polar surface area (TPSA) is 67.4 Å². The predicted molar refractivity (Wildman–Crippen MR) is 86.3 cm³/mol. The minimum absolute atomic E-state index is 0.150. The zero-order valence-corrected chi connectivity index (χ0v) is 13.5. The molecular weight excluding hydrogens is 335 g/mol. The second-order valence-corrected chi connectivity index (χ2v) is 5.88. The van der Waals surface area contributed by atoms with Crippen LogP contribution in [0.1, 0.15) is 12.0 Å². The van der Waals surface area contributed by atoms with Crippen molar-refractivity contribution in [1.82, 2.24) is 20.2 Å². The third-order valence-corrected chi connectivity index (χ3v) is 3.85. The van der Waals surface area contributed by atoms with Gasteiger partial charge in [0, 0.05) is 19.5 Å². The molecule has 2 heterocycles. The minimum atomic E-state index is -0.297. The van der Waals surface area contributed by atoms with Gasteiger partial charge in [-0.15, -0.1) is 0 Å². The zero-order chi connectivity index (χ0) is 16.9. The van der Waals surface area contributed by atoms with Crippen molar-refractivity contribution in [2.75, 3.05) is 13.1 Å². The average Bonchev–Trinajstić information content (AvgIpc) is 3.05. The molecule has 1 aromatic carbocycles. The maximum Gasteiger partial charge on any atom is 0.317 e. The summed E-state index contributed by atoms with van der Waals surface area (Å²) in [5, 5.41) is 3.25. The van der Waals surface area contributed by atoms with E-state index < -0.39 is 0 Å². The molecule has 1 atom stereocenters. The normalized spacial score (nSPS) is 16.9. The van der Waals surface area contributed by atoms with Gasteiger partial charge >= 0.3 is 12.0 Å². The first-order valence-corrected chi connectivity index (χ1v) is 7.89. The summed E-state index contributed by atoms with van der Waals surface area (Å²) in [6.07, 6.45) is 3.48. The van der Waals surface area contributed by atoms with E-state index in [1.807, 2.05) is 0 Å². The lowest BCUT2D eigenvalue weighted by atomic mass is 10.2. The lowest BCUT2D eigenvalue weighted by Crippen LogP contribution is -2.39. The van der Waals surface area contributed by atoms with Crippen molar-refractivity contribution in [2.24, 2.45) is 0 Å². The number of urea groups is 1. The molecule has 1 N–H and O–H groups in total. The summed E-state index contributed by atoms with van der Waals surface area (Å²) < 4.78 is 18.5. The Balaban J connectivity index is 1.46. The van der Waals surface area contributed by atoms with Gasteiger partial charge in [0.1, 0.15) is 11.9 Å². The zero-order valence-electron chi connectivity index (χ0n) is 12.8. The number of hydrogen-bond acceptors (Lipinski definition) is 4. The quantitative estimate of drug-likeness (QED) is 0.920. The highest BCUT2D eigenvalue weighted by molar-refractivity contribution is 6.30. The molecule has 1 saturated heterocycles. The summed E-state index contributed by atoms with van der Waals surface area (Å²) in [6.45, 7) is 1.40. The van der Waals surface area contributed by atoms with Crippen LogP contribution in [0.3, 0.4) is 0 Å². The van der Waals surface area contributed by atoms with Crippen LogP contribution in [0.2, 0.25) is 5.02 Å². The molecule has 0 spiro atoms. The Morgan fingerprint density at radius 3 is 2.75 bits per heavy atom. The molecule has 2 amide bonds. The largest absolute Gasteiger partial charge is 0.458 e. The summed E-state index contributed by atoms with van der Waals surface area (Å²) in [6, 6.07) is 6.09. The van der Waals surface area contributed by atoms with Crippen molar-refractivity contribution in [3.05, 3.63) is 53.1 Å². The van der Waals surface area contributed by atoms with E-state index >= 15 is 0 Å². The Hall–Kier alpha value is -2.41. The Kier molecular flexibility index (Phi) is 5.10. The summed E-state index contributed by atoms with van der Waals surface area (Å²) in [5.74, 6) is -0.297. The van der Waals surface area contributed by atoms with E-state index in [1.165, 1.54) is 24.5 Å². The number of carbonyl (C=O) groups is 1. The first-order valence-electron chi connectivity index (χ1n) is 7.51. The smallest absolute Gasteiger partial charge is 0.317 e. The number of carbonyl (C=O) groups excluding carboxylic acids is 1. The van der Waals surface area contributed by atoms with Crippen molar-refractivity contribution in [2.45, 2.75) is 19.1 Å². The van der Waals surface area contributed by atoms with Crippen LogP contribution in [0.5, 0.6) is 6.01 Å². The molecule has 1 aromatic heterocycles. The van der Waals surface area contributed by atoms with E-state index in [-0.39, 0.29) is 24.0 Å². The standard InChI is InChI=1S/C16H16ClFN4O2/c17-12-8-19-15(20-9-12)24-14-5-6-22(10-14)16(23)21-7-11-1-3-13(18)4-2-11/h1-4,8-9,14H,5-7,10H2,(H,21,23)/t14-/m0/s1. The predicted octanol–water partition coefficient (Wildman–Crippen LogP) is 2.63. The van der Waals surface area contributed by atoms with E-state index in [4.69, 9.17) is 16.3 Å². The van der Waals surface area contributed by atoms with Crippen LogP contribution in [-0.2, 0) is 6.54 Å². The number of ether oxygens (including phenoxy) is 1. The number of halogens is 2. The summed E-state index contributed by atoms with van der Waals surface area (Å²) in [7, 11) is 0. The fourth-order valence-electron chi connectivity index (χ4n) is 2.41. The Morgan fingerprint density at radius 2 is 2.04 bits per heavy atom. The van der Waals surface area contributed by atoms with Gasteiger partial charge < -0.3 is 15.0 Å². The molecule has 0 unspecified atom stereocenters. The lowest BCUT2D eigenvalue weighted by Gasteiger charge is -2.17. The molecule has 126 valence electrons. The van der Waals surface area contributed by atoms with Crippen LogP contribution in [0.15, 0.2) is 36.7 Å². The molecule has 6 nitrogen and oxygen atoms in total. The Bertz CT molecular complexity index is 696. The van der Waals surface area contributed by atoms with E-state index in [9.17, 15) is 9.18 Å². The van der Waals surface area contributed by atoms with Gasteiger partial charge in [-0.1, -0.05) is 23.7 Å². The summed E-state index contributed by atoms with van der Waals surface area (Å²) >= 11 is 5.72. The van der Waals surface area contributed by atoms with E-state index in [0.29, 0.717) is 31.1 Å². The number of rotatable bonds is 4. The molecule has 8 heteroatoms. The van der Waals surface area contributed by atoms with Gasteiger partial charge in [0.2, 0.25) is 0 Å². The maximum atomic E-state index is 12.8. The highest BCUT2D eigenvalue weighted by atomic mass is 35.5. The van der Waals surface area contributed by atoms with Gasteiger partial charge in [-0.3, -0.25) is 0 Å². The number of nitrogens with zero attached hydrogens (tertiary/aromatic N) is 3.